The van der Waals surface area contributed by atoms with Crippen LogP contribution < -0.4 is 0 Å². The van der Waals surface area contributed by atoms with Crippen molar-refractivity contribution in [1.29, 1.82) is 0 Å². The standard InChI is InChI=1S/C14H20N2O2/c1-3-16(10-11-6-8-15-9-7-11)14(2,13(17)18)12-4-5-12/h6-9,12H,3-5,10H2,1-2H3,(H,17,18). The van der Waals surface area contributed by atoms with Crippen LogP contribution in [0.4, 0.5) is 0 Å². The van der Waals surface area contributed by atoms with Crippen LogP contribution in [-0.4, -0.2) is 33.0 Å². The van der Waals surface area contributed by atoms with E-state index in [1.165, 1.54) is 0 Å². The Labute approximate surface area is 108 Å². The van der Waals surface area contributed by atoms with Gasteiger partial charge in [0.1, 0.15) is 5.54 Å². The second-order valence-electron chi connectivity index (χ2n) is 5.10. The fourth-order valence-corrected chi connectivity index (χ4v) is 2.53. The minimum Gasteiger partial charge on any atom is -0.480 e. The quantitative estimate of drug-likeness (QED) is 0.838. The zero-order valence-electron chi connectivity index (χ0n) is 11.0. The molecule has 0 aromatic carbocycles. The molecule has 1 aliphatic rings. The lowest BCUT2D eigenvalue weighted by Crippen LogP contribution is -2.53. The molecule has 1 aromatic heterocycles. The second kappa shape index (κ2) is 5.06. The number of likely N-dealkylation sites (N-methyl/N-ethyl adjacent to an activating group) is 1. The van der Waals surface area contributed by atoms with E-state index >= 15 is 0 Å². The number of carboxylic acids is 1. The Morgan fingerprint density at radius 3 is 2.56 bits per heavy atom. The summed E-state index contributed by atoms with van der Waals surface area (Å²) in [5.74, 6) is -0.419. The summed E-state index contributed by atoms with van der Waals surface area (Å²) in [5, 5.41) is 9.57. The van der Waals surface area contributed by atoms with Gasteiger partial charge in [0.2, 0.25) is 0 Å². The van der Waals surface area contributed by atoms with Crippen LogP contribution >= 0.6 is 0 Å². The van der Waals surface area contributed by atoms with Gasteiger partial charge in [-0.3, -0.25) is 14.7 Å². The first kappa shape index (κ1) is 13.0. The van der Waals surface area contributed by atoms with E-state index in [9.17, 15) is 9.90 Å². The predicted molar refractivity (Wildman–Crippen MR) is 69.1 cm³/mol. The Balaban J connectivity index is 2.19. The Kier molecular flexibility index (Phi) is 3.66. The normalized spacial score (nSPS) is 18.6. The molecule has 18 heavy (non-hydrogen) atoms. The van der Waals surface area contributed by atoms with E-state index in [0.29, 0.717) is 6.54 Å². The lowest BCUT2D eigenvalue weighted by Gasteiger charge is -2.37. The van der Waals surface area contributed by atoms with Gasteiger partial charge in [0, 0.05) is 18.9 Å². The molecule has 1 N–H and O–H groups in total. The monoisotopic (exact) mass is 248 g/mol. The molecule has 0 amide bonds. The number of hydrogen-bond acceptors (Lipinski definition) is 3. The van der Waals surface area contributed by atoms with Gasteiger partial charge in [-0.1, -0.05) is 6.92 Å². The van der Waals surface area contributed by atoms with Crippen molar-refractivity contribution in [3.8, 4) is 0 Å². The maximum atomic E-state index is 11.6. The van der Waals surface area contributed by atoms with E-state index in [0.717, 1.165) is 24.9 Å². The number of carboxylic acid groups (broad SMARTS) is 1. The van der Waals surface area contributed by atoms with E-state index in [1.807, 2.05) is 26.0 Å². The summed E-state index contributed by atoms with van der Waals surface area (Å²) < 4.78 is 0. The van der Waals surface area contributed by atoms with Gasteiger partial charge >= 0.3 is 5.97 Å². The van der Waals surface area contributed by atoms with Crippen molar-refractivity contribution in [3.05, 3.63) is 30.1 Å². The lowest BCUT2D eigenvalue weighted by molar-refractivity contribution is -0.152. The molecule has 1 saturated carbocycles. The molecular weight excluding hydrogens is 228 g/mol. The predicted octanol–water partition coefficient (Wildman–Crippen LogP) is 2.16. The van der Waals surface area contributed by atoms with E-state index in [-0.39, 0.29) is 5.92 Å². The first-order valence-corrected chi connectivity index (χ1v) is 6.46. The molecule has 0 spiro atoms. The number of pyridine rings is 1. The number of hydrogen-bond donors (Lipinski definition) is 1. The second-order valence-corrected chi connectivity index (χ2v) is 5.10. The van der Waals surface area contributed by atoms with Gasteiger partial charge < -0.3 is 5.11 Å². The number of rotatable bonds is 6. The van der Waals surface area contributed by atoms with Crippen LogP contribution in [0.15, 0.2) is 24.5 Å². The third-order valence-corrected chi connectivity index (χ3v) is 3.97. The largest absolute Gasteiger partial charge is 0.480 e. The zero-order chi connectivity index (χ0) is 13.2. The summed E-state index contributed by atoms with van der Waals surface area (Å²) in [6.07, 6.45) is 5.54. The highest BCUT2D eigenvalue weighted by molar-refractivity contribution is 5.79. The third-order valence-electron chi connectivity index (χ3n) is 3.97. The number of aromatic nitrogens is 1. The molecule has 0 radical (unpaired) electrons. The minimum absolute atomic E-state index is 0.289. The van der Waals surface area contributed by atoms with E-state index in [4.69, 9.17) is 0 Å². The third kappa shape index (κ3) is 2.38. The smallest absolute Gasteiger partial charge is 0.324 e. The molecule has 2 rings (SSSR count). The Morgan fingerprint density at radius 2 is 2.11 bits per heavy atom. The molecule has 1 atom stereocenters. The fourth-order valence-electron chi connectivity index (χ4n) is 2.53. The molecule has 1 unspecified atom stereocenters. The summed E-state index contributed by atoms with van der Waals surface area (Å²) in [6.45, 7) is 5.28. The summed E-state index contributed by atoms with van der Waals surface area (Å²) in [7, 11) is 0. The SMILES string of the molecule is CCN(Cc1ccncc1)C(C)(C(=O)O)C1CC1. The van der Waals surface area contributed by atoms with Crippen molar-refractivity contribution in [2.45, 2.75) is 38.8 Å². The highest BCUT2D eigenvalue weighted by atomic mass is 16.4. The maximum Gasteiger partial charge on any atom is 0.324 e. The average molecular weight is 248 g/mol. The molecule has 1 aliphatic carbocycles. The number of nitrogens with zero attached hydrogens (tertiary/aromatic N) is 2. The zero-order valence-corrected chi connectivity index (χ0v) is 11.0. The molecule has 0 aliphatic heterocycles. The van der Waals surface area contributed by atoms with Gasteiger partial charge in [0.15, 0.2) is 0 Å². The van der Waals surface area contributed by atoms with E-state index in [1.54, 1.807) is 12.4 Å². The maximum absolute atomic E-state index is 11.6. The molecule has 1 fully saturated rings. The molecule has 1 aromatic rings. The molecule has 98 valence electrons. The van der Waals surface area contributed by atoms with Crippen molar-refractivity contribution < 1.29 is 9.90 Å². The van der Waals surface area contributed by atoms with Gasteiger partial charge in [0.05, 0.1) is 0 Å². The van der Waals surface area contributed by atoms with Crippen molar-refractivity contribution in [2.24, 2.45) is 5.92 Å². The molecule has 1 heterocycles. The van der Waals surface area contributed by atoms with Crippen LogP contribution in [0.2, 0.25) is 0 Å². The molecule has 0 saturated heterocycles. The summed E-state index contributed by atoms with van der Waals surface area (Å²) >= 11 is 0. The average Bonchev–Trinajstić information content (AvgIpc) is 3.20. The van der Waals surface area contributed by atoms with E-state index < -0.39 is 11.5 Å². The molecule has 4 heteroatoms. The van der Waals surface area contributed by atoms with Crippen LogP contribution in [0.5, 0.6) is 0 Å². The van der Waals surface area contributed by atoms with Crippen molar-refractivity contribution in [3.63, 3.8) is 0 Å². The number of carbonyl (C=O) groups is 1. The van der Waals surface area contributed by atoms with Crippen LogP contribution in [0.3, 0.4) is 0 Å². The summed E-state index contributed by atoms with van der Waals surface area (Å²) in [6, 6.07) is 3.88. The first-order chi connectivity index (χ1) is 8.59. The lowest BCUT2D eigenvalue weighted by atomic mass is 9.93. The Bertz CT molecular complexity index is 417. The van der Waals surface area contributed by atoms with Crippen molar-refractivity contribution >= 4 is 5.97 Å². The Hall–Kier alpha value is -1.42. The minimum atomic E-state index is -0.738. The van der Waals surface area contributed by atoms with Crippen LogP contribution in [0.25, 0.3) is 0 Å². The molecular formula is C14H20N2O2. The van der Waals surface area contributed by atoms with Crippen LogP contribution in [0.1, 0.15) is 32.3 Å². The topological polar surface area (TPSA) is 53.4 Å². The van der Waals surface area contributed by atoms with Crippen LogP contribution in [0, 0.1) is 5.92 Å². The Morgan fingerprint density at radius 1 is 1.50 bits per heavy atom. The molecule has 4 nitrogen and oxygen atoms in total. The summed E-state index contributed by atoms with van der Waals surface area (Å²) in [5.41, 5.74) is 0.373. The van der Waals surface area contributed by atoms with Gasteiger partial charge in [-0.2, -0.15) is 0 Å². The van der Waals surface area contributed by atoms with E-state index in [2.05, 4.69) is 9.88 Å². The van der Waals surface area contributed by atoms with Crippen molar-refractivity contribution in [2.75, 3.05) is 6.54 Å². The van der Waals surface area contributed by atoms with Gasteiger partial charge in [-0.25, -0.2) is 0 Å². The highest BCUT2D eigenvalue weighted by Gasteiger charge is 2.50. The first-order valence-electron chi connectivity index (χ1n) is 6.46. The molecule has 0 bridgehead atoms. The van der Waals surface area contributed by atoms with Crippen LogP contribution in [-0.2, 0) is 11.3 Å². The van der Waals surface area contributed by atoms with Gasteiger partial charge in [0.25, 0.3) is 0 Å². The highest BCUT2D eigenvalue weighted by Crippen LogP contribution is 2.43. The fraction of sp³-hybridized carbons (Fsp3) is 0.571. The van der Waals surface area contributed by atoms with Gasteiger partial charge in [-0.15, -0.1) is 0 Å². The number of aliphatic carboxylic acids is 1. The summed E-state index contributed by atoms with van der Waals surface area (Å²) in [4.78, 5) is 17.7. The van der Waals surface area contributed by atoms with Gasteiger partial charge in [-0.05, 0) is 49.9 Å². The van der Waals surface area contributed by atoms with Crippen molar-refractivity contribution in [1.82, 2.24) is 9.88 Å².